The van der Waals surface area contributed by atoms with Crippen LogP contribution in [0.5, 0.6) is 0 Å². The third-order valence-corrected chi connectivity index (χ3v) is 5.77. The number of aliphatic hydroxyl groups excluding tert-OH is 2. The first-order valence-electron chi connectivity index (χ1n) is 7.74. The van der Waals surface area contributed by atoms with E-state index in [2.05, 4.69) is 25.3 Å². The van der Waals surface area contributed by atoms with E-state index in [1.54, 1.807) is 29.4 Å². The van der Waals surface area contributed by atoms with E-state index in [0.717, 1.165) is 5.56 Å². The average Bonchev–Trinajstić information content (AvgIpc) is 3.17. The van der Waals surface area contributed by atoms with Crippen LogP contribution in [-0.4, -0.2) is 52.7 Å². The summed E-state index contributed by atoms with van der Waals surface area (Å²) in [5.41, 5.74) is 1.89. The van der Waals surface area contributed by atoms with Gasteiger partial charge in [0.05, 0.1) is 17.5 Å². The Labute approximate surface area is 162 Å². The highest BCUT2D eigenvalue weighted by Gasteiger charge is 2.36. The number of aliphatic hydroxyl groups is 2. The highest BCUT2D eigenvalue weighted by atomic mass is 35.5. The van der Waals surface area contributed by atoms with Crippen molar-refractivity contribution < 1.29 is 10.2 Å². The van der Waals surface area contributed by atoms with Gasteiger partial charge in [0.2, 0.25) is 5.28 Å². The van der Waals surface area contributed by atoms with Crippen LogP contribution in [0.3, 0.4) is 0 Å². The Morgan fingerprint density at radius 1 is 1.27 bits per heavy atom. The van der Waals surface area contributed by atoms with Crippen molar-refractivity contribution in [2.24, 2.45) is 0 Å². The molecule has 0 spiro atoms. The van der Waals surface area contributed by atoms with Crippen molar-refractivity contribution in [1.82, 2.24) is 24.5 Å². The molecule has 3 N–H and O–H groups in total. The zero-order chi connectivity index (χ0) is 18.3. The smallest absolute Gasteiger partial charge is 0.226 e. The second-order valence-electron chi connectivity index (χ2n) is 5.81. The largest absolute Gasteiger partial charge is 0.389 e. The van der Waals surface area contributed by atoms with Crippen LogP contribution in [0.15, 0.2) is 24.8 Å². The molecule has 8 nitrogen and oxygen atoms in total. The number of anilines is 1. The molecule has 3 aromatic heterocycles. The number of rotatable bonds is 4. The number of hydrogen-bond acceptors (Lipinski definition) is 8. The van der Waals surface area contributed by atoms with Crippen molar-refractivity contribution in [3.05, 3.63) is 40.7 Å². The monoisotopic (exact) mass is 412 g/mol. The summed E-state index contributed by atoms with van der Waals surface area (Å²) in [5, 5.41) is 23.4. The molecule has 3 aromatic rings. The maximum absolute atomic E-state index is 10.2. The van der Waals surface area contributed by atoms with Crippen LogP contribution in [0.1, 0.15) is 10.9 Å². The number of pyridine rings is 1. The molecule has 0 aromatic carbocycles. The zero-order valence-electron chi connectivity index (χ0n) is 13.3. The summed E-state index contributed by atoms with van der Waals surface area (Å²) in [6, 6.07) is 1.80. The Hall–Kier alpha value is -1.65. The van der Waals surface area contributed by atoms with Crippen molar-refractivity contribution >= 4 is 51.9 Å². The molecule has 0 amide bonds. The van der Waals surface area contributed by atoms with Crippen molar-refractivity contribution in [2.45, 2.75) is 24.1 Å². The fourth-order valence-corrected chi connectivity index (χ4v) is 4.41. The number of nitrogens with zero attached hydrogens (tertiary/aromatic N) is 5. The SMILES string of the molecule is OC1CS[C@@H](n2cnc3c(NCc4cncc(Cl)c4)nc(Cl)nc32)C1O. The Morgan fingerprint density at radius 2 is 2.12 bits per heavy atom. The molecule has 0 saturated carbocycles. The van der Waals surface area contributed by atoms with Gasteiger partial charge in [-0.2, -0.15) is 9.97 Å². The van der Waals surface area contributed by atoms with Gasteiger partial charge in [-0.15, -0.1) is 11.8 Å². The molecular formula is C15H14Cl2N6O2S. The minimum absolute atomic E-state index is 0.0593. The lowest BCUT2D eigenvalue weighted by Gasteiger charge is -2.17. The molecule has 11 heteroatoms. The lowest BCUT2D eigenvalue weighted by Crippen LogP contribution is -2.27. The molecule has 2 unspecified atom stereocenters. The lowest BCUT2D eigenvalue weighted by molar-refractivity contribution is 0.0313. The standard InChI is InChI=1S/C15H14Cl2N6O2S/c16-8-1-7(2-18-4-8)3-19-12-10-13(22-15(17)21-12)23(6-20-10)14-11(25)9(24)5-26-14/h1-2,4,6,9,11,14,24-25H,3,5H2,(H,19,21,22)/t9?,11?,14-/m1/s1. The molecule has 3 atom stereocenters. The summed E-state index contributed by atoms with van der Waals surface area (Å²) in [7, 11) is 0. The molecule has 0 aliphatic carbocycles. The first kappa shape index (κ1) is 17.7. The van der Waals surface area contributed by atoms with Crippen LogP contribution in [0.4, 0.5) is 5.82 Å². The van der Waals surface area contributed by atoms with E-state index in [1.165, 1.54) is 11.8 Å². The predicted molar refractivity (Wildman–Crippen MR) is 100 cm³/mol. The molecule has 0 radical (unpaired) electrons. The number of hydrogen-bond donors (Lipinski definition) is 3. The highest BCUT2D eigenvalue weighted by molar-refractivity contribution is 7.99. The van der Waals surface area contributed by atoms with Crippen LogP contribution in [-0.2, 0) is 6.54 Å². The Bertz CT molecular complexity index is 955. The fraction of sp³-hybridized carbons (Fsp3) is 0.333. The van der Waals surface area contributed by atoms with Crippen molar-refractivity contribution in [2.75, 3.05) is 11.1 Å². The van der Waals surface area contributed by atoms with Gasteiger partial charge in [0, 0.05) is 24.7 Å². The van der Waals surface area contributed by atoms with E-state index in [4.69, 9.17) is 23.2 Å². The maximum atomic E-state index is 10.2. The molecule has 4 heterocycles. The quantitative estimate of drug-likeness (QED) is 0.558. The second-order valence-corrected chi connectivity index (χ2v) is 7.74. The highest BCUT2D eigenvalue weighted by Crippen LogP contribution is 2.38. The topological polar surface area (TPSA) is 109 Å². The number of nitrogens with one attached hydrogen (secondary N) is 1. The number of halogens is 2. The van der Waals surface area contributed by atoms with Gasteiger partial charge in [-0.3, -0.25) is 9.55 Å². The van der Waals surface area contributed by atoms with Gasteiger partial charge in [0.1, 0.15) is 11.5 Å². The minimum Gasteiger partial charge on any atom is -0.389 e. The molecule has 1 aliphatic heterocycles. The van der Waals surface area contributed by atoms with Crippen LogP contribution in [0, 0.1) is 0 Å². The molecule has 1 saturated heterocycles. The van der Waals surface area contributed by atoms with Gasteiger partial charge in [0.25, 0.3) is 0 Å². The summed E-state index contributed by atoms with van der Waals surface area (Å²) in [6.07, 6.45) is 3.14. The second kappa shape index (κ2) is 7.16. The lowest BCUT2D eigenvalue weighted by atomic mass is 10.2. The van der Waals surface area contributed by atoms with Crippen LogP contribution >= 0.6 is 35.0 Å². The summed E-state index contributed by atoms with van der Waals surface area (Å²) >= 11 is 13.5. The van der Waals surface area contributed by atoms with Crippen molar-refractivity contribution in [1.29, 1.82) is 0 Å². The molecule has 1 fully saturated rings. The zero-order valence-corrected chi connectivity index (χ0v) is 15.6. The van der Waals surface area contributed by atoms with Gasteiger partial charge in [-0.05, 0) is 23.2 Å². The molecular weight excluding hydrogens is 399 g/mol. The van der Waals surface area contributed by atoms with Gasteiger partial charge in [-0.1, -0.05) is 11.6 Å². The number of fused-ring (bicyclic) bond motifs is 1. The van der Waals surface area contributed by atoms with Crippen molar-refractivity contribution in [3.63, 3.8) is 0 Å². The summed E-state index contributed by atoms with van der Waals surface area (Å²) in [6.45, 7) is 0.433. The number of aromatic nitrogens is 5. The van der Waals surface area contributed by atoms with E-state index >= 15 is 0 Å². The molecule has 26 heavy (non-hydrogen) atoms. The Kier molecular flexibility index (Phi) is 4.89. The maximum Gasteiger partial charge on any atom is 0.226 e. The number of thioether (sulfide) groups is 1. The molecule has 4 rings (SSSR count). The van der Waals surface area contributed by atoms with E-state index in [-0.39, 0.29) is 10.7 Å². The molecule has 1 aliphatic rings. The van der Waals surface area contributed by atoms with Crippen molar-refractivity contribution in [3.8, 4) is 0 Å². The predicted octanol–water partition coefficient (Wildman–Crippen LogP) is 2.11. The summed E-state index contributed by atoms with van der Waals surface area (Å²) < 4.78 is 1.71. The third kappa shape index (κ3) is 3.33. The first-order chi connectivity index (χ1) is 12.5. The normalized spacial score (nSPS) is 22.8. The fourth-order valence-electron chi connectivity index (χ4n) is 2.77. The van der Waals surface area contributed by atoms with Crippen LogP contribution < -0.4 is 5.32 Å². The average molecular weight is 413 g/mol. The van der Waals surface area contributed by atoms with Gasteiger partial charge >= 0.3 is 0 Å². The third-order valence-electron chi connectivity index (χ3n) is 4.01. The summed E-state index contributed by atoms with van der Waals surface area (Å²) in [4.78, 5) is 16.9. The van der Waals surface area contributed by atoms with Gasteiger partial charge < -0.3 is 15.5 Å². The Balaban J connectivity index is 1.66. The number of imidazole rings is 1. The van der Waals surface area contributed by atoms with Gasteiger partial charge in [-0.25, -0.2) is 4.98 Å². The van der Waals surface area contributed by atoms with Gasteiger partial charge in [0.15, 0.2) is 17.0 Å². The van der Waals surface area contributed by atoms with E-state index in [9.17, 15) is 10.2 Å². The van der Waals surface area contributed by atoms with Crippen LogP contribution in [0.2, 0.25) is 10.3 Å². The van der Waals surface area contributed by atoms with E-state index in [0.29, 0.717) is 34.3 Å². The minimum atomic E-state index is -0.903. The summed E-state index contributed by atoms with van der Waals surface area (Å²) in [5.74, 6) is 0.911. The Morgan fingerprint density at radius 3 is 2.85 bits per heavy atom. The molecule has 0 bridgehead atoms. The van der Waals surface area contributed by atoms with E-state index in [1.807, 2.05) is 0 Å². The van der Waals surface area contributed by atoms with Crippen LogP contribution in [0.25, 0.3) is 11.2 Å². The first-order valence-corrected chi connectivity index (χ1v) is 9.54. The molecule has 136 valence electrons. The van der Waals surface area contributed by atoms with E-state index < -0.39 is 12.2 Å².